The lowest BCUT2D eigenvalue weighted by molar-refractivity contribution is 0.432. The first kappa shape index (κ1) is 19.8. The third-order valence-corrected chi connectivity index (χ3v) is 5.92. The van der Waals surface area contributed by atoms with Crippen LogP contribution >= 0.6 is 15.9 Å². The number of nitrogens with one attached hydrogen (secondary N) is 1. The summed E-state index contributed by atoms with van der Waals surface area (Å²) in [5.74, 6) is -0.342. The predicted molar refractivity (Wildman–Crippen MR) is 123 cm³/mol. The van der Waals surface area contributed by atoms with Crippen LogP contribution in [0.2, 0.25) is 0 Å². The fourth-order valence-corrected chi connectivity index (χ4v) is 4.04. The van der Waals surface area contributed by atoms with E-state index in [9.17, 15) is 20.0 Å². The molecule has 0 bridgehead atoms. The second-order valence-electron chi connectivity index (χ2n) is 7.22. The summed E-state index contributed by atoms with van der Waals surface area (Å²) in [6.45, 7) is 1.63. The van der Waals surface area contributed by atoms with Crippen LogP contribution in [0.4, 0.5) is 0 Å². The van der Waals surface area contributed by atoms with Gasteiger partial charge in [-0.3, -0.25) is 19.1 Å². The van der Waals surface area contributed by atoms with Crippen LogP contribution in [0.3, 0.4) is 0 Å². The zero-order valence-corrected chi connectivity index (χ0v) is 18.2. The van der Waals surface area contributed by atoms with Crippen molar-refractivity contribution in [3.63, 3.8) is 0 Å². The molecule has 0 aliphatic carbocycles. The number of fused-ring (bicyclic) bond motifs is 3. The lowest BCUT2D eigenvalue weighted by atomic mass is 10.1. The van der Waals surface area contributed by atoms with Crippen LogP contribution in [-0.4, -0.2) is 24.3 Å². The third kappa shape index (κ3) is 2.85. The van der Waals surface area contributed by atoms with E-state index in [0.717, 1.165) is 4.47 Å². The summed E-state index contributed by atoms with van der Waals surface area (Å²) in [7, 11) is 0. The van der Waals surface area contributed by atoms with Crippen molar-refractivity contribution in [2.45, 2.75) is 6.92 Å². The van der Waals surface area contributed by atoms with E-state index in [1.54, 1.807) is 55.5 Å². The van der Waals surface area contributed by atoms with Crippen LogP contribution in [0.15, 0.2) is 62.6 Å². The van der Waals surface area contributed by atoms with Crippen molar-refractivity contribution in [3.8, 4) is 17.6 Å². The first-order valence-corrected chi connectivity index (χ1v) is 10.4. The number of benzene rings is 2. The molecule has 3 aromatic heterocycles. The molecule has 0 fully saturated rings. The molecule has 32 heavy (non-hydrogen) atoms. The highest BCUT2D eigenvalue weighted by Crippen LogP contribution is 2.21. The molecule has 2 N–H and O–H groups in total. The van der Waals surface area contributed by atoms with E-state index >= 15 is 0 Å². The molecule has 0 spiro atoms. The van der Waals surface area contributed by atoms with Crippen molar-refractivity contribution < 1.29 is 5.11 Å². The zero-order valence-electron chi connectivity index (χ0n) is 16.6. The van der Waals surface area contributed by atoms with Crippen molar-refractivity contribution in [3.05, 3.63) is 95.6 Å². The van der Waals surface area contributed by atoms with Gasteiger partial charge in [0, 0.05) is 9.69 Å². The van der Waals surface area contributed by atoms with Gasteiger partial charge in [-0.15, -0.1) is 0 Å². The van der Waals surface area contributed by atoms with E-state index in [4.69, 9.17) is 0 Å². The van der Waals surface area contributed by atoms with Crippen molar-refractivity contribution in [1.82, 2.24) is 19.2 Å². The number of aromatic nitrogens is 4. The lowest BCUT2D eigenvalue weighted by Crippen LogP contribution is -2.34. The Labute approximate surface area is 188 Å². The number of pyridine rings is 1. The monoisotopic (exact) mass is 487 g/mol. The van der Waals surface area contributed by atoms with Gasteiger partial charge in [-0.2, -0.15) is 5.26 Å². The van der Waals surface area contributed by atoms with Gasteiger partial charge < -0.3 is 5.11 Å². The summed E-state index contributed by atoms with van der Waals surface area (Å²) in [4.78, 5) is 30.5. The van der Waals surface area contributed by atoms with Gasteiger partial charge in [0.2, 0.25) is 5.88 Å². The number of para-hydroxylation sites is 2. The van der Waals surface area contributed by atoms with Gasteiger partial charge in [0.25, 0.3) is 11.1 Å². The maximum atomic E-state index is 13.4. The molecule has 0 aliphatic rings. The number of nitrogens with zero attached hydrogens (tertiary/aromatic N) is 4. The number of imidazole rings is 1. The quantitative estimate of drug-likeness (QED) is 0.396. The minimum atomic E-state index is -0.571. The highest BCUT2D eigenvalue weighted by atomic mass is 79.9. The van der Waals surface area contributed by atoms with Gasteiger partial charge in [-0.1, -0.05) is 28.1 Å². The maximum Gasteiger partial charge on any atom is 0.275 e. The van der Waals surface area contributed by atoms with Gasteiger partial charge in [0.15, 0.2) is 5.65 Å². The normalized spacial score (nSPS) is 12.0. The van der Waals surface area contributed by atoms with Gasteiger partial charge in [0.1, 0.15) is 11.6 Å². The molecule has 0 saturated carbocycles. The molecule has 2 aromatic carbocycles. The Balaban J connectivity index is 1.85. The Morgan fingerprint density at radius 1 is 1.16 bits per heavy atom. The largest absolute Gasteiger partial charge is 0.493 e. The number of rotatable bonds is 2. The topological polar surface area (TPSA) is 116 Å². The van der Waals surface area contributed by atoms with Crippen LogP contribution in [-0.2, 0) is 0 Å². The average Bonchev–Trinajstić information content (AvgIpc) is 3.30. The fourth-order valence-electron chi connectivity index (χ4n) is 3.77. The number of aromatic hydroxyl groups is 1. The zero-order chi connectivity index (χ0) is 22.6. The second kappa shape index (κ2) is 7.21. The summed E-state index contributed by atoms with van der Waals surface area (Å²) in [6, 6.07) is 16.2. The first-order valence-electron chi connectivity index (χ1n) is 9.56. The molecule has 0 saturated heterocycles. The van der Waals surface area contributed by atoms with E-state index in [1.165, 1.54) is 15.2 Å². The summed E-state index contributed by atoms with van der Waals surface area (Å²) < 4.78 is 3.44. The minimum Gasteiger partial charge on any atom is -0.493 e. The minimum absolute atomic E-state index is 0.0826. The Kier molecular flexibility index (Phi) is 4.46. The third-order valence-electron chi connectivity index (χ3n) is 5.39. The molecular weight excluding hydrogens is 474 g/mol. The molecule has 8 nitrogen and oxygen atoms in total. The van der Waals surface area contributed by atoms with Crippen molar-refractivity contribution in [2.75, 3.05) is 0 Å². The molecule has 0 atom stereocenters. The van der Waals surface area contributed by atoms with E-state index in [2.05, 4.69) is 32.1 Å². The van der Waals surface area contributed by atoms with Crippen LogP contribution in [0, 0.1) is 18.3 Å². The Morgan fingerprint density at radius 2 is 1.88 bits per heavy atom. The molecule has 0 radical (unpaired) electrons. The van der Waals surface area contributed by atoms with Crippen LogP contribution in [0.5, 0.6) is 5.88 Å². The first-order chi connectivity index (χ1) is 15.4. The van der Waals surface area contributed by atoms with E-state index < -0.39 is 11.1 Å². The van der Waals surface area contributed by atoms with Gasteiger partial charge in [-0.25, -0.2) is 9.67 Å². The number of nitriles is 1. The van der Waals surface area contributed by atoms with Gasteiger partial charge in [-0.05, 0) is 55.0 Å². The molecule has 5 aromatic rings. The Bertz CT molecular complexity index is 1760. The molecule has 0 aliphatic heterocycles. The van der Waals surface area contributed by atoms with Crippen LogP contribution in [0.25, 0.3) is 28.4 Å². The fraction of sp³-hybridized carbons (Fsp3) is 0.0435. The molecular formula is C23H14BrN5O3. The number of hydrogen-bond acceptors (Lipinski definition) is 5. The summed E-state index contributed by atoms with van der Waals surface area (Å²) in [5, 5.41) is 23.2. The number of H-pyrrole nitrogens is 1. The highest BCUT2D eigenvalue weighted by molar-refractivity contribution is 9.10. The Hall–Kier alpha value is -4.16. The number of hydrogen-bond donors (Lipinski definition) is 2. The van der Waals surface area contributed by atoms with E-state index in [1.807, 2.05) is 0 Å². The smallest absolute Gasteiger partial charge is 0.275 e. The molecule has 0 amide bonds. The molecule has 3 heterocycles. The molecule has 0 unspecified atom stereocenters. The number of halogens is 1. The molecule has 9 heteroatoms. The van der Waals surface area contributed by atoms with E-state index in [0.29, 0.717) is 22.3 Å². The maximum absolute atomic E-state index is 13.4. The molecule has 156 valence electrons. The standard InChI is InChI=1S/C23H14BrN5O3/c1-12-15(10-16-21(30)27-29(23(16)32)14-8-6-13(24)7-9-14)22(31)28-19-5-3-2-4-18(19)26-20(28)17(12)11-25/h2-10,32H,1H3,(H,27,30)/b15-10-. The lowest BCUT2D eigenvalue weighted by Gasteiger charge is -2.04. The predicted octanol–water partition coefficient (Wildman–Crippen LogP) is 2.52. The summed E-state index contributed by atoms with van der Waals surface area (Å²) in [5.41, 5.74) is 1.48. The van der Waals surface area contributed by atoms with Crippen molar-refractivity contribution in [1.29, 1.82) is 5.26 Å². The van der Waals surface area contributed by atoms with Crippen molar-refractivity contribution >= 4 is 38.7 Å². The van der Waals surface area contributed by atoms with Gasteiger partial charge in [0.05, 0.1) is 22.3 Å². The summed E-state index contributed by atoms with van der Waals surface area (Å²) in [6.07, 6.45) is 1.32. The SMILES string of the molecule is Cc1c(C#N)c2nc3ccccc3n2c(=O)/c1=C\c1c(O)n(-c2ccc(Br)cc2)[nH]c1=O. The van der Waals surface area contributed by atoms with Crippen molar-refractivity contribution in [2.24, 2.45) is 0 Å². The van der Waals surface area contributed by atoms with E-state index in [-0.39, 0.29) is 27.9 Å². The van der Waals surface area contributed by atoms with Crippen LogP contribution in [0.1, 0.15) is 16.7 Å². The van der Waals surface area contributed by atoms with Crippen LogP contribution < -0.4 is 16.3 Å². The summed E-state index contributed by atoms with van der Waals surface area (Å²) >= 11 is 3.35. The molecule has 5 rings (SSSR count). The van der Waals surface area contributed by atoms with Gasteiger partial charge >= 0.3 is 0 Å². The average molecular weight is 488 g/mol. The number of aromatic amines is 1. The second-order valence-corrected chi connectivity index (χ2v) is 8.14. The Morgan fingerprint density at radius 3 is 2.59 bits per heavy atom. The highest BCUT2D eigenvalue weighted by Gasteiger charge is 2.18.